The van der Waals surface area contributed by atoms with Crippen LogP contribution in [0.2, 0.25) is 0 Å². The molecule has 0 aliphatic carbocycles. The SMILES string of the molecule is CCc1cc(Br)ccc1NC(=O)c1cccc(NN)n1. The Balaban J connectivity index is 2.23. The minimum atomic E-state index is -0.265. The number of pyridine rings is 1. The first-order valence-corrected chi connectivity index (χ1v) is 6.96. The van der Waals surface area contributed by atoms with Crippen molar-refractivity contribution >= 4 is 33.3 Å². The smallest absolute Gasteiger partial charge is 0.274 e. The molecule has 1 heterocycles. The van der Waals surface area contributed by atoms with Gasteiger partial charge in [-0.1, -0.05) is 28.9 Å². The van der Waals surface area contributed by atoms with Gasteiger partial charge in [0.2, 0.25) is 0 Å². The summed E-state index contributed by atoms with van der Waals surface area (Å²) in [6, 6.07) is 10.8. The molecule has 0 fully saturated rings. The second-order valence-corrected chi connectivity index (χ2v) is 5.08. The molecule has 1 aromatic heterocycles. The maximum absolute atomic E-state index is 12.2. The van der Waals surface area contributed by atoms with Gasteiger partial charge in [-0.3, -0.25) is 4.79 Å². The zero-order chi connectivity index (χ0) is 14.5. The minimum Gasteiger partial charge on any atom is -0.320 e. The van der Waals surface area contributed by atoms with Crippen LogP contribution in [0.15, 0.2) is 40.9 Å². The van der Waals surface area contributed by atoms with Crippen molar-refractivity contribution in [2.45, 2.75) is 13.3 Å². The summed E-state index contributed by atoms with van der Waals surface area (Å²) < 4.78 is 0.986. The van der Waals surface area contributed by atoms with E-state index in [0.717, 1.165) is 22.1 Å². The highest BCUT2D eigenvalue weighted by Crippen LogP contribution is 2.22. The lowest BCUT2D eigenvalue weighted by molar-refractivity contribution is 0.102. The summed E-state index contributed by atoms with van der Waals surface area (Å²) in [5.74, 6) is 5.47. The average molecular weight is 335 g/mol. The van der Waals surface area contributed by atoms with E-state index in [1.54, 1.807) is 18.2 Å². The number of halogens is 1. The third-order valence-electron chi connectivity index (χ3n) is 2.83. The molecule has 0 atom stereocenters. The Hall–Kier alpha value is -1.92. The Bertz CT molecular complexity index is 630. The Morgan fingerprint density at radius 3 is 2.85 bits per heavy atom. The van der Waals surface area contributed by atoms with Crippen molar-refractivity contribution in [2.24, 2.45) is 5.84 Å². The lowest BCUT2D eigenvalue weighted by atomic mass is 10.1. The van der Waals surface area contributed by atoms with Crippen molar-refractivity contribution in [2.75, 3.05) is 10.7 Å². The Kier molecular flexibility index (Phi) is 4.70. The van der Waals surface area contributed by atoms with E-state index in [0.29, 0.717) is 11.5 Å². The van der Waals surface area contributed by atoms with Crippen LogP contribution >= 0.6 is 15.9 Å². The number of carbonyl (C=O) groups excluding carboxylic acids is 1. The average Bonchev–Trinajstić information content (AvgIpc) is 2.49. The summed E-state index contributed by atoms with van der Waals surface area (Å²) in [5, 5.41) is 2.87. The summed E-state index contributed by atoms with van der Waals surface area (Å²) in [4.78, 5) is 16.3. The fourth-order valence-corrected chi connectivity index (χ4v) is 2.21. The van der Waals surface area contributed by atoms with Crippen molar-refractivity contribution in [1.29, 1.82) is 0 Å². The van der Waals surface area contributed by atoms with E-state index in [9.17, 15) is 4.79 Å². The van der Waals surface area contributed by atoms with E-state index < -0.39 is 0 Å². The number of benzene rings is 1. The van der Waals surface area contributed by atoms with E-state index in [1.165, 1.54) is 0 Å². The molecule has 104 valence electrons. The highest BCUT2D eigenvalue weighted by molar-refractivity contribution is 9.10. The Morgan fingerprint density at radius 1 is 1.35 bits per heavy atom. The highest BCUT2D eigenvalue weighted by atomic mass is 79.9. The molecule has 5 nitrogen and oxygen atoms in total. The quantitative estimate of drug-likeness (QED) is 0.593. The van der Waals surface area contributed by atoms with Crippen molar-refractivity contribution < 1.29 is 4.79 Å². The molecule has 2 rings (SSSR count). The number of hydrogen-bond acceptors (Lipinski definition) is 4. The topological polar surface area (TPSA) is 80.0 Å². The molecular weight excluding hydrogens is 320 g/mol. The van der Waals surface area contributed by atoms with Gasteiger partial charge in [-0.2, -0.15) is 0 Å². The number of hydrogen-bond donors (Lipinski definition) is 3. The predicted molar refractivity (Wildman–Crippen MR) is 83.5 cm³/mol. The molecular formula is C14H15BrN4O. The molecule has 2 aromatic rings. The zero-order valence-electron chi connectivity index (χ0n) is 11.0. The van der Waals surface area contributed by atoms with Crippen molar-refractivity contribution in [1.82, 2.24) is 4.98 Å². The standard InChI is InChI=1S/C14H15BrN4O/c1-2-9-8-10(15)6-7-11(9)18-14(20)12-4-3-5-13(17-12)19-16/h3-8H,2,16H2,1H3,(H,17,19)(H,18,20). The number of nitrogen functional groups attached to an aromatic ring is 1. The summed E-state index contributed by atoms with van der Waals surface area (Å²) in [5.41, 5.74) is 4.57. The second-order valence-electron chi connectivity index (χ2n) is 4.16. The number of hydrazine groups is 1. The number of amides is 1. The monoisotopic (exact) mass is 334 g/mol. The Labute approximate surface area is 125 Å². The maximum Gasteiger partial charge on any atom is 0.274 e. The summed E-state index contributed by atoms with van der Waals surface area (Å²) in [6.07, 6.45) is 0.826. The Morgan fingerprint density at radius 2 is 2.15 bits per heavy atom. The van der Waals surface area contributed by atoms with Crippen LogP contribution in [-0.4, -0.2) is 10.9 Å². The predicted octanol–water partition coefficient (Wildman–Crippen LogP) is 2.94. The lowest BCUT2D eigenvalue weighted by Gasteiger charge is -2.10. The van der Waals surface area contributed by atoms with Gasteiger partial charge in [0, 0.05) is 10.2 Å². The van der Waals surface area contributed by atoms with Crippen LogP contribution in [0.4, 0.5) is 11.5 Å². The van der Waals surface area contributed by atoms with Gasteiger partial charge in [-0.15, -0.1) is 0 Å². The summed E-state index contributed by atoms with van der Waals surface area (Å²) in [7, 11) is 0. The number of nitrogens with zero attached hydrogens (tertiary/aromatic N) is 1. The van der Waals surface area contributed by atoms with E-state index in [-0.39, 0.29) is 5.91 Å². The zero-order valence-corrected chi connectivity index (χ0v) is 12.6. The number of rotatable bonds is 4. The first-order chi connectivity index (χ1) is 9.63. The number of aromatic nitrogens is 1. The molecule has 4 N–H and O–H groups in total. The number of nitrogens with one attached hydrogen (secondary N) is 2. The van der Waals surface area contributed by atoms with Crippen LogP contribution in [0.25, 0.3) is 0 Å². The van der Waals surface area contributed by atoms with Gasteiger partial charge in [0.05, 0.1) is 0 Å². The molecule has 0 saturated carbocycles. The molecule has 0 aliphatic heterocycles. The van der Waals surface area contributed by atoms with Crippen LogP contribution in [-0.2, 0) is 6.42 Å². The third kappa shape index (κ3) is 3.34. The molecule has 0 bridgehead atoms. The van der Waals surface area contributed by atoms with Crippen LogP contribution < -0.4 is 16.6 Å². The normalized spacial score (nSPS) is 10.2. The largest absolute Gasteiger partial charge is 0.320 e. The fraction of sp³-hybridized carbons (Fsp3) is 0.143. The number of anilines is 2. The minimum absolute atomic E-state index is 0.265. The third-order valence-corrected chi connectivity index (χ3v) is 3.32. The first-order valence-electron chi connectivity index (χ1n) is 6.17. The maximum atomic E-state index is 12.2. The molecule has 1 amide bonds. The second kappa shape index (κ2) is 6.49. The van der Waals surface area contributed by atoms with E-state index >= 15 is 0 Å². The molecule has 0 saturated heterocycles. The molecule has 20 heavy (non-hydrogen) atoms. The number of carbonyl (C=O) groups is 1. The van der Waals surface area contributed by atoms with Gasteiger partial charge in [-0.25, -0.2) is 10.8 Å². The number of aryl methyl sites for hydroxylation is 1. The van der Waals surface area contributed by atoms with Crippen LogP contribution in [0.3, 0.4) is 0 Å². The molecule has 6 heteroatoms. The van der Waals surface area contributed by atoms with Crippen LogP contribution in [0, 0.1) is 0 Å². The van der Waals surface area contributed by atoms with Gasteiger partial charge in [0.1, 0.15) is 11.5 Å². The van der Waals surface area contributed by atoms with E-state index in [1.807, 2.05) is 25.1 Å². The summed E-state index contributed by atoms with van der Waals surface area (Å²) >= 11 is 3.42. The molecule has 1 aromatic carbocycles. The van der Waals surface area contributed by atoms with Gasteiger partial charge < -0.3 is 10.7 Å². The highest BCUT2D eigenvalue weighted by Gasteiger charge is 2.10. The molecule has 0 spiro atoms. The molecule has 0 radical (unpaired) electrons. The summed E-state index contributed by atoms with van der Waals surface area (Å²) in [6.45, 7) is 2.04. The van der Waals surface area contributed by atoms with Crippen molar-refractivity contribution in [3.05, 3.63) is 52.1 Å². The number of nitrogens with two attached hydrogens (primary N) is 1. The van der Waals surface area contributed by atoms with Crippen molar-refractivity contribution in [3.8, 4) is 0 Å². The van der Waals surface area contributed by atoms with Gasteiger partial charge in [-0.05, 0) is 42.3 Å². The van der Waals surface area contributed by atoms with Crippen LogP contribution in [0.5, 0.6) is 0 Å². The van der Waals surface area contributed by atoms with Gasteiger partial charge in [0.15, 0.2) is 0 Å². The molecule has 0 aliphatic rings. The van der Waals surface area contributed by atoms with E-state index in [4.69, 9.17) is 5.84 Å². The van der Waals surface area contributed by atoms with E-state index in [2.05, 4.69) is 31.7 Å². The van der Waals surface area contributed by atoms with Gasteiger partial charge >= 0.3 is 0 Å². The van der Waals surface area contributed by atoms with Gasteiger partial charge in [0.25, 0.3) is 5.91 Å². The van der Waals surface area contributed by atoms with Crippen LogP contribution in [0.1, 0.15) is 23.0 Å². The fourth-order valence-electron chi connectivity index (χ4n) is 1.80. The lowest BCUT2D eigenvalue weighted by Crippen LogP contribution is -2.16. The molecule has 0 unspecified atom stereocenters. The van der Waals surface area contributed by atoms with Crippen molar-refractivity contribution in [3.63, 3.8) is 0 Å². The first kappa shape index (κ1) is 14.5.